The maximum Gasteiger partial charge on any atom is 0.161 e. The van der Waals surface area contributed by atoms with Gasteiger partial charge in [0.05, 0.1) is 5.02 Å². The lowest BCUT2D eigenvalue weighted by Gasteiger charge is -2.20. The van der Waals surface area contributed by atoms with Crippen LogP contribution in [0, 0.1) is 11.8 Å². The average molecular weight is 266 g/mol. The Balaban J connectivity index is 2.16. The second-order valence-electron chi connectivity index (χ2n) is 5.46. The first kappa shape index (κ1) is 13.4. The molecule has 1 atom stereocenters. The van der Waals surface area contributed by atoms with Gasteiger partial charge in [-0.1, -0.05) is 25.4 Å². The molecule has 0 N–H and O–H groups in total. The van der Waals surface area contributed by atoms with E-state index in [1.54, 1.807) is 6.92 Å². The number of anilines is 1. The number of carbonyl (C=O) groups is 1. The molecule has 0 spiro atoms. The van der Waals surface area contributed by atoms with E-state index in [2.05, 4.69) is 18.7 Å². The van der Waals surface area contributed by atoms with Crippen molar-refractivity contribution < 1.29 is 4.79 Å². The zero-order chi connectivity index (χ0) is 13.3. The monoisotopic (exact) mass is 265 g/mol. The highest BCUT2D eigenvalue weighted by molar-refractivity contribution is 6.34. The molecule has 1 aliphatic rings. The van der Waals surface area contributed by atoms with Gasteiger partial charge in [-0.3, -0.25) is 4.79 Å². The van der Waals surface area contributed by atoms with E-state index in [-0.39, 0.29) is 5.78 Å². The number of ketones is 1. The second kappa shape index (κ2) is 5.31. The summed E-state index contributed by atoms with van der Waals surface area (Å²) in [6.45, 7) is 8.28. The molecule has 1 saturated heterocycles. The zero-order valence-electron chi connectivity index (χ0n) is 11.2. The van der Waals surface area contributed by atoms with Crippen molar-refractivity contribution in [3.05, 3.63) is 28.8 Å². The Kier molecular flexibility index (Phi) is 3.96. The highest BCUT2D eigenvalue weighted by Gasteiger charge is 2.25. The summed E-state index contributed by atoms with van der Waals surface area (Å²) in [6.07, 6.45) is 1.24. The molecule has 2 rings (SSSR count). The quantitative estimate of drug-likeness (QED) is 0.769. The van der Waals surface area contributed by atoms with Crippen LogP contribution in [0.4, 0.5) is 5.69 Å². The molecule has 0 amide bonds. The lowest BCUT2D eigenvalue weighted by Crippen LogP contribution is -2.21. The van der Waals surface area contributed by atoms with Gasteiger partial charge in [0.1, 0.15) is 0 Å². The fourth-order valence-electron chi connectivity index (χ4n) is 2.55. The number of rotatable bonds is 3. The van der Waals surface area contributed by atoms with Crippen LogP contribution in [-0.4, -0.2) is 18.9 Å². The fourth-order valence-corrected chi connectivity index (χ4v) is 2.86. The van der Waals surface area contributed by atoms with Gasteiger partial charge >= 0.3 is 0 Å². The van der Waals surface area contributed by atoms with Crippen molar-refractivity contribution in [1.82, 2.24) is 0 Å². The van der Waals surface area contributed by atoms with Gasteiger partial charge < -0.3 is 4.90 Å². The molecular formula is C15H20ClNO. The van der Waals surface area contributed by atoms with Crippen LogP contribution in [0.15, 0.2) is 18.2 Å². The number of Topliss-reactive ketones (excluding diaryl/α,β-unsaturated/α-hetero) is 1. The molecule has 0 saturated carbocycles. The number of carbonyl (C=O) groups excluding carboxylic acids is 1. The van der Waals surface area contributed by atoms with E-state index in [1.807, 2.05) is 18.2 Å². The first-order valence-corrected chi connectivity index (χ1v) is 6.92. The number of hydrogen-bond acceptors (Lipinski definition) is 2. The van der Waals surface area contributed by atoms with Crippen LogP contribution < -0.4 is 4.90 Å². The predicted octanol–water partition coefficient (Wildman–Crippen LogP) is 4.02. The SMILES string of the molecule is CC(=O)c1ccc(N2CCC(C(C)C)C2)cc1Cl. The Morgan fingerprint density at radius 2 is 2.17 bits per heavy atom. The maximum atomic E-state index is 11.3. The van der Waals surface area contributed by atoms with E-state index < -0.39 is 0 Å². The van der Waals surface area contributed by atoms with Crippen molar-refractivity contribution in [2.75, 3.05) is 18.0 Å². The summed E-state index contributed by atoms with van der Waals surface area (Å²) in [5.74, 6) is 1.51. The Morgan fingerprint density at radius 1 is 1.44 bits per heavy atom. The van der Waals surface area contributed by atoms with Crippen molar-refractivity contribution in [2.24, 2.45) is 11.8 Å². The van der Waals surface area contributed by atoms with Crippen LogP contribution in [0.5, 0.6) is 0 Å². The molecule has 0 aromatic heterocycles. The summed E-state index contributed by atoms with van der Waals surface area (Å²) >= 11 is 6.15. The van der Waals surface area contributed by atoms with Crippen molar-refractivity contribution >= 4 is 23.1 Å². The normalized spacial score (nSPS) is 19.6. The van der Waals surface area contributed by atoms with E-state index in [1.165, 1.54) is 6.42 Å². The molecule has 1 aromatic carbocycles. The molecule has 1 aromatic rings. The highest BCUT2D eigenvalue weighted by Crippen LogP contribution is 2.30. The Hall–Kier alpha value is -1.02. The lowest BCUT2D eigenvalue weighted by molar-refractivity contribution is 0.101. The molecule has 1 heterocycles. The molecule has 1 unspecified atom stereocenters. The number of nitrogens with zero attached hydrogens (tertiary/aromatic N) is 1. The minimum Gasteiger partial charge on any atom is -0.371 e. The Morgan fingerprint density at radius 3 is 2.67 bits per heavy atom. The third kappa shape index (κ3) is 2.69. The zero-order valence-corrected chi connectivity index (χ0v) is 12.0. The van der Waals surface area contributed by atoms with Gasteiger partial charge in [0, 0.05) is 24.3 Å². The third-order valence-corrected chi connectivity index (χ3v) is 4.18. The third-order valence-electron chi connectivity index (χ3n) is 3.86. The molecule has 0 radical (unpaired) electrons. The largest absolute Gasteiger partial charge is 0.371 e. The van der Waals surface area contributed by atoms with E-state index in [0.717, 1.165) is 30.6 Å². The molecule has 18 heavy (non-hydrogen) atoms. The van der Waals surface area contributed by atoms with Gasteiger partial charge in [-0.2, -0.15) is 0 Å². The summed E-state index contributed by atoms with van der Waals surface area (Å²) in [4.78, 5) is 13.7. The van der Waals surface area contributed by atoms with Crippen molar-refractivity contribution in [2.45, 2.75) is 27.2 Å². The minimum absolute atomic E-state index is 0.0213. The molecule has 1 aliphatic heterocycles. The average Bonchev–Trinajstić information content (AvgIpc) is 2.77. The van der Waals surface area contributed by atoms with Gasteiger partial charge in [-0.05, 0) is 43.4 Å². The molecule has 98 valence electrons. The van der Waals surface area contributed by atoms with Gasteiger partial charge in [-0.15, -0.1) is 0 Å². The predicted molar refractivity (Wildman–Crippen MR) is 76.6 cm³/mol. The summed E-state index contributed by atoms with van der Waals surface area (Å²) in [5, 5.41) is 0.563. The summed E-state index contributed by atoms with van der Waals surface area (Å²) < 4.78 is 0. The van der Waals surface area contributed by atoms with E-state index in [4.69, 9.17) is 11.6 Å². The lowest BCUT2D eigenvalue weighted by atomic mass is 9.95. The van der Waals surface area contributed by atoms with Crippen molar-refractivity contribution in [3.63, 3.8) is 0 Å². The Labute approximate surface area is 114 Å². The standard InChI is InChI=1S/C15H20ClNO/c1-10(2)12-6-7-17(9-12)13-4-5-14(11(3)18)15(16)8-13/h4-5,8,10,12H,6-7,9H2,1-3H3. The van der Waals surface area contributed by atoms with Crippen LogP contribution >= 0.6 is 11.6 Å². The van der Waals surface area contributed by atoms with Gasteiger partial charge in [0.2, 0.25) is 0 Å². The summed E-state index contributed by atoms with van der Waals surface area (Å²) in [5.41, 5.74) is 1.74. The molecule has 2 nitrogen and oxygen atoms in total. The van der Waals surface area contributed by atoms with E-state index in [9.17, 15) is 4.79 Å². The second-order valence-corrected chi connectivity index (χ2v) is 5.87. The number of hydrogen-bond donors (Lipinski definition) is 0. The molecule has 0 aliphatic carbocycles. The number of halogens is 1. The van der Waals surface area contributed by atoms with Crippen molar-refractivity contribution in [1.29, 1.82) is 0 Å². The molecule has 3 heteroatoms. The first-order valence-electron chi connectivity index (χ1n) is 6.54. The van der Waals surface area contributed by atoms with Crippen LogP contribution in [-0.2, 0) is 0 Å². The fraction of sp³-hybridized carbons (Fsp3) is 0.533. The maximum absolute atomic E-state index is 11.3. The topological polar surface area (TPSA) is 20.3 Å². The summed E-state index contributed by atoms with van der Waals surface area (Å²) in [7, 11) is 0. The van der Waals surface area contributed by atoms with E-state index >= 15 is 0 Å². The first-order chi connectivity index (χ1) is 8.49. The van der Waals surface area contributed by atoms with Gasteiger partial charge in [0.15, 0.2) is 5.78 Å². The van der Waals surface area contributed by atoms with Crippen molar-refractivity contribution in [3.8, 4) is 0 Å². The van der Waals surface area contributed by atoms with E-state index in [0.29, 0.717) is 10.6 Å². The van der Waals surface area contributed by atoms with Crippen LogP contribution in [0.3, 0.4) is 0 Å². The van der Waals surface area contributed by atoms with Gasteiger partial charge in [0.25, 0.3) is 0 Å². The molecule has 1 fully saturated rings. The Bertz CT molecular complexity index is 456. The minimum atomic E-state index is 0.0213. The molecule has 0 bridgehead atoms. The van der Waals surface area contributed by atoms with Crippen LogP contribution in [0.2, 0.25) is 5.02 Å². The van der Waals surface area contributed by atoms with Crippen LogP contribution in [0.25, 0.3) is 0 Å². The smallest absolute Gasteiger partial charge is 0.161 e. The van der Waals surface area contributed by atoms with Crippen LogP contribution in [0.1, 0.15) is 37.6 Å². The van der Waals surface area contributed by atoms with Gasteiger partial charge in [-0.25, -0.2) is 0 Å². The highest BCUT2D eigenvalue weighted by atomic mass is 35.5. The number of benzene rings is 1. The summed E-state index contributed by atoms with van der Waals surface area (Å²) in [6, 6.07) is 5.76. The molecular weight excluding hydrogens is 246 g/mol.